The van der Waals surface area contributed by atoms with E-state index in [-0.39, 0.29) is 23.6 Å². The summed E-state index contributed by atoms with van der Waals surface area (Å²) in [7, 11) is 0. The first-order chi connectivity index (χ1) is 16.8. The Morgan fingerprint density at radius 2 is 1.83 bits per heavy atom. The summed E-state index contributed by atoms with van der Waals surface area (Å²) in [6, 6.07) is 8.70. The highest BCUT2D eigenvalue weighted by Gasteiger charge is 2.28. The summed E-state index contributed by atoms with van der Waals surface area (Å²) in [5.74, 6) is -1.01. The molecule has 0 unspecified atom stereocenters. The lowest BCUT2D eigenvalue weighted by molar-refractivity contribution is -0.384. The fraction of sp³-hybridized carbons (Fsp3) is 0.217. The zero-order valence-electron chi connectivity index (χ0n) is 18.6. The first kappa shape index (κ1) is 23.4. The molecular formula is C23H21N5O7. The topological polar surface area (TPSA) is 169 Å². The number of carbonyl (C=O) groups excluding carboxylic acids is 3. The van der Waals surface area contributed by atoms with Crippen molar-refractivity contribution in [2.24, 2.45) is 5.10 Å². The molecular weight excluding hydrogens is 458 g/mol. The van der Waals surface area contributed by atoms with Gasteiger partial charge in [0.05, 0.1) is 23.3 Å². The molecule has 2 aromatic heterocycles. The molecule has 3 amide bonds. The van der Waals surface area contributed by atoms with Crippen LogP contribution in [0, 0.1) is 17.0 Å². The van der Waals surface area contributed by atoms with Crippen molar-refractivity contribution in [3.05, 3.63) is 86.7 Å². The number of benzene rings is 1. The van der Waals surface area contributed by atoms with E-state index < -0.39 is 22.6 Å². The molecule has 0 bridgehead atoms. The van der Waals surface area contributed by atoms with E-state index >= 15 is 0 Å². The summed E-state index contributed by atoms with van der Waals surface area (Å²) >= 11 is 0. The zero-order chi connectivity index (χ0) is 24.9. The maximum Gasteiger partial charge on any atom is 0.305 e. The molecule has 12 heteroatoms. The Morgan fingerprint density at radius 3 is 2.51 bits per heavy atom. The first-order valence-electron chi connectivity index (χ1n) is 10.7. The van der Waals surface area contributed by atoms with Gasteiger partial charge in [-0.05, 0) is 37.5 Å². The molecule has 1 aliphatic carbocycles. The van der Waals surface area contributed by atoms with Crippen LogP contribution in [0.1, 0.15) is 56.4 Å². The van der Waals surface area contributed by atoms with Crippen molar-refractivity contribution in [3.8, 4) is 0 Å². The molecule has 180 valence electrons. The molecule has 0 spiro atoms. The second kappa shape index (κ2) is 10.0. The maximum absolute atomic E-state index is 12.6. The van der Waals surface area contributed by atoms with Gasteiger partial charge >= 0.3 is 11.8 Å². The Bertz CT molecular complexity index is 1310. The van der Waals surface area contributed by atoms with Crippen LogP contribution in [0.25, 0.3) is 0 Å². The number of nitro groups is 1. The van der Waals surface area contributed by atoms with Crippen LogP contribution in [0.2, 0.25) is 0 Å². The van der Waals surface area contributed by atoms with Gasteiger partial charge in [-0.25, -0.2) is 5.43 Å². The molecule has 1 aromatic carbocycles. The Labute approximate surface area is 198 Å². The van der Waals surface area contributed by atoms with Gasteiger partial charge in [0.2, 0.25) is 5.91 Å². The van der Waals surface area contributed by atoms with Crippen LogP contribution in [0.15, 0.2) is 56.6 Å². The number of hydrazone groups is 1. The number of nitrogens with zero attached hydrogens (tertiary/aromatic N) is 2. The minimum Gasteiger partial charge on any atom is -0.459 e. The fourth-order valence-electron chi connectivity index (χ4n) is 3.73. The van der Waals surface area contributed by atoms with Gasteiger partial charge in [0.1, 0.15) is 5.76 Å². The molecule has 0 radical (unpaired) electrons. The highest BCUT2D eigenvalue weighted by molar-refractivity contribution is 6.07. The van der Waals surface area contributed by atoms with Gasteiger partial charge in [0.25, 0.3) is 5.69 Å². The number of non-ortho nitro benzene ring substituents is 1. The maximum atomic E-state index is 12.6. The lowest BCUT2D eigenvalue weighted by Crippen LogP contribution is -2.41. The first-order valence-corrected chi connectivity index (χ1v) is 10.7. The number of aryl methyl sites for hydroxylation is 1. The zero-order valence-corrected chi connectivity index (χ0v) is 18.6. The number of rotatable bonds is 6. The number of nitrogens with one attached hydrogen (secondary N) is 3. The van der Waals surface area contributed by atoms with Crippen molar-refractivity contribution >= 4 is 29.1 Å². The second-order valence-corrected chi connectivity index (χ2v) is 7.79. The molecule has 3 aromatic rings. The van der Waals surface area contributed by atoms with Gasteiger partial charge < -0.3 is 8.83 Å². The Balaban J connectivity index is 1.42. The van der Waals surface area contributed by atoms with Crippen molar-refractivity contribution in [2.75, 3.05) is 0 Å². The molecule has 0 fully saturated rings. The molecule has 3 N–H and O–H groups in total. The fourth-order valence-corrected chi connectivity index (χ4v) is 3.73. The van der Waals surface area contributed by atoms with Crippen molar-refractivity contribution in [1.82, 2.24) is 16.3 Å². The summed E-state index contributed by atoms with van der Waals surface area (Å²) in [6.07, 6.45) is 3.22. The molecule has 2 heterocycles. The monoisotopic (exact) mass is 479 g/mol. The van der Waals surface area contributed by atoms with Gasteiger partial charge in [0.15, 0.2) is 11.5 Å². The smallest absolute Gasteiger partial charge is 0.305 e. The predicted molar refractivity (Wildman–Crippen MR) is 122 cm³/mol. The number of fused-ring (bicyclic) bond motifs is 1. The largest absolute Gasteiger partial charge is 0.459 e. The van der Waals surface area contributed by atoms with E-state index in [1.165, 1.54) is 36.6 Å². The van der Waals surface area contributed by atoms with Crippen LogP contribution >= 0.6 is 0 Å². The lowest BCUT2D eigenvalue weighted by atomic mass is 9.93. The van der Waals surface area contributed by atoms with Crippen LogP contribution in [0.4, 0.5) is 5.69 Å². The van der Waals surface area contributed by atoms with E-state index in [0.717, 1.165) is 0 Å². The SMILES string of the molecule is Cc1c(C(=O)NNC(=O)c2ccco2)oc2c1/C(=N/NC(=O)Cc1ccc([N+](=O)[O-])cc1)CCC2. The standard InChI is InChI=1S/C23H21N5O7/c1-13-20-16(24-25-19(29)12-14-7-9-15(10-8-14)28(32)33)4-2-5-17(20)35-21(13)23(31)27-26-22(30)18-6-3-11-34-18/h3,6-11H,2,4-5,12H2,1H3,(H,25,29)(H,26,30)(H,27,31)/b24-16+. The molecule has 4 rings (SSSR count). The molecule has 35 heavy (non-hydrogen) atoms. The number of furan rings is 2. The Morgan fingerprint density at radius 1 is 1.09 bits per heavy atom. The van der Waals surface area contributed by atoms with Gasteiger partial charge in [-0.15, -0.1) is 0 Å². The van der Waals surface area contributed by atoms with Gasteiger partial charge in [-0.2, -0.15) is 5.10 Å². The summed E-state index contributed by atoms with van der Waals surface area (Å²) in [5, 5.41) is 15.0. The molecule has 0 saturated heterocycles. The van der Waals surface area contributed by atoms with Crippen LogP contribution in [-0.2, 0) is 17.6 Å². The Hall–Kier alpha value is -4.74. The van der Waals surface area contributed by atoms with Crippen LogP contribution in [-0.4, -0.2) is 28.4 Å². The van der Waals surface area contributed by atoms with Crippen molar-refractivity contribution in [3.63, 3.8) is 0 Å². The highest BCUT2D eigenvalue weighted by Crippen LogP contribution is 2.29. The minimum absolute atomic E-state index is 0.00494. The number of hydrogen-bond donors (Lipinski definition) is 3. The van der Waals surface area contributed by atoms with Gasteiger partial charge in [-0.3, -0.25) is 35.3 Å². The predicted octanol–water partition coefficient (Wildman–Crippen LogP) is 2.56. The van der Waals surface area contributed by atoms with Crippen molar-refractivity contribution < 1.29 is 28.1 Å². The average Bonchev–Trinajstić information content (AvgIpc) is 3.50. The van der Waals surface area contributed by atoms with Gasteiger partial charge in [0, 0.05) is 29.7 Å². The van der Waals surface area contributed by atoms with E-state index in [1.54, 1.807) is 13.0 Å². The van der Waals surface area contributed by atoms with Crippen LogP contribution in [0.5, 0.6) is 0 Å². The lowest BCUT2D eigenvalue weighted by Gasteiger charge is -2.13. The number of hydrazine groups is 1. The summed E-state index contributed by atoms with van der Waals surface area (Å²) < 4.78 is 10.7. The van der Waals surface area contributed by atoms with E-state index in [2.05, 4.69) is 21.4 Å². The number of hydrogen-bond acceptors (Lipinski definition) is 8. The second-order valence-electron chi connectivity index (χ2n) is 7.79. The minimum atomic E-state index is -0.640. The van der Waals surface area contributed by atoms with E-state index in [1.807, 2.05) is 0 Å². The number of carbonyl (C=O) groups is 3. The normalized spacial score (nSPS) is 13.7. The highest BCUT2D eigenvalue weighted by atomic mass is 16.6. The molecule has 12 nitrogen and oxygen atoms in total. The quantitative estimate of drug-likeness (QED) is 0.360. The van der Waals surface area contributed by atoms with E-state index in [4.69, 9.17) is 8.83 Å². The van der Waals surface area contributed by atoms with Gasteiger partial charge in [-0.1, -0.05) is 12.1 Å². The third-order valence-electron chi connectivity index (χ3n) is 5.39. The van der Waals surface area contributed by atoms with Crippen molar-refractivity contribution in [1.29, 1.82) is 0 Å². The Kier molecular flexibility index (Phi) is 6.71. The summed E-state index contributed by atoms with van der Waals surface area (Å²) in [5.41, 5.74) is 9.36. The number of nitro benzene ring substituents is 1. The van der Waals surface area contributed by atoms with Crippen LogP contribution in [0.3, 0.4) is 0 Å². The molecule has 0 saturated carbocycles. The van der Waals surface area contributed by atoms with Crippen LogP contribution < -0.4 is 16.3 Å². The molecule has 0 atom stereocenters. The average molecular weight is 479 g/mol. The van der Waals surface area contributed by atoms with E-state index in [9.17, 15) is 24.5 Å². The van der Waals surface area contributed by atoms with E-state index in [0.29, 0.717) is 47.4 Å². The third-order valence-corrected chi connectivity index (χ3v) is 5.39. The molecule has 1 aliphatic rings. The molecule has 0 aliphatic heterocycles. The third kappa shape index (κ3) is 5.27. The number of amides is 3. The summed E-state index contributed by atoms with van der Waals surface area (Å²) in [4.78, 5) is 47.1. The van der Waals surface area contributed by atoms with Crippen molar-refractivity contribution in [2.45, 2.75) is 32.6 Å². The summed E-state index contributed by atoms with van der Waals surface area (Å²) in [6.45, 7) is 1.70.